The molecule has 0 radical (unpaired) electrons. The van der Waals surface area contributed by atoms with Gasteiger partial charge in [-0.15, -0.1) is 0 Å². The molecule has 1 saturated heterocycles. The zero-order valence-corrected chi connectivity index (χ0v) is 11.9. The minimum absolute atomic E-state index is 0.0372. The second-order valence-corrected chi connectivity index (χ2v) is 4.90. The topological polar surface area (TPSA) is 65.5 Å². The predicted octanol–water partition coefficient (Wildman–Crippen LogP) is 0.818. The van der Waals surface area contributed by atoms with Gasteiger partial charge >= 0.3 is 0 Å². The third-order valence-corrected chi connectivity index (χ3v) is 3.30. The number of nitrogens with zero attached hydrogens (tertiary/aromatic N) is 3. The van der Waals surface area contributed by atoms with Gasteiger partial charge in [-0.05, 0) is 18.6 Å². The number of amides is 2. The average molecular weight is 276 g/mol. The lowest BCUT2D eigenvalue weighted by Crippen LogP contribution is -2.50. The van der Waals surface area contributed by atoms with Crippen LogP contribution in [0, 0.1) is 0 Å². The van der Waals surface area contributed by atoms with Crippen LogP contribution in [0.15, 0.2) is 18.3 Å². The van der Waals surface area contributed by atoms with Gasteiger partial charge in [0.1, 0.15) is 12.2 Å². The van der Waals surface area contributed by atoms with Crippen LogP contribution in [0.4, 0.5) is 5.69 Å². The number of carbonyl (C=O) groups excluding carboxylic acids is 2. The van der Waals surface area contributed by atoms with E-state index in [9.17, 15) is 9.59 Å². The molecule has 0 aromatic carbocycles. The Morgan fingerprint density at radius 2 is 2.25 bits per heavy atom. The highest BCUT2D eigenvalue weighted by Gasteiger charge is 2.26. The van der Waals surface area contributed by atoms with Crippen LogP contribution in [0.1, 0.15) is 23.8 Å². The first kappa shape index (κ1) is 14.3. The molecule has 6 nitrogen and oxygen atoms in total. The van der Waals surface area contributed by atoms with Crippen LogP contribution < -0.4 is 5.32 Å². The van der Waals surface area contributed by atoms with Gasteiger partial charge in [-0.3, -0.25) is 14.6 Å². The Hall–Kier alpha value is -2.11. The summed E-state index contributed by atoms with van der Waals surface area (Å²) in [5, 5.41) is 3.22. The first-order chi connectivity index (χ1) is 9.61. The minimum atomic E-state index is -0.188. The summed E-state index contributed by atoms with van der Waals surface area (Å²) in [4.78, 5) is 31.3. The highest BCUT2D eigenvalue weighted by molar-refractivity contribution is 5.96. The molecule has 1 aromatic rings. The molecule has 2 rings (SSSR count). The molecule has 1 aromatic heterocycles. The molecule has 6 heteroatoms. The summed E-state index contributed by atoms with van der Waals surface area (Å²) in [6, 6.07) is 3.57. The van der Waals surface area contributed by atoms with E-state index in [-0.39, 0.29) is 18.4 Å². The number of nitrogens with one attached hydrogen (secondary N) is 1. The van der Waals surface area contributed by atoms with E-state index in [1.807, 2.05) is 6.07 Å². The van der Waals surface area contributed by atoms with Crippen molar-refractivity contribution in [3.8, 4) is 0 Å². The van der Waals surface area contributed by atoms with Crippen LogP contribution in [-0.4, -0.2) is 59.8 Å². The maximum absolute atomic E-state index is 12.3. The fourth-order valence-electron chi connectivity index (χ4n) is 2.02. The second-order valence-electron chi connectivity index (χ2n) is 4.90. The van der Waals surface area contributed by atoms with E-state index in [4.69, 9.17) is 0 Å². The van der Waals surface area contributed by atoms with Gasteiger partial charge in [0.25, 0.3) is 5.91 Å². The fourth-order valence-corrected chi connectivity index (χ4v) is 2.02. The Bertz CT molecular complexity index is 504. The molecule has 1 aliphatic heterocycles. The van der Waals surface area contributed by atoms with E-state index in [0.717, 1.165) is 18.7 Å². The molecule has 0 saturated carbocycles. The number of likely N-dealkylation sites (N-methyl/N-ethyl adjacent to an activating group) is 1. The Morgan fingerprint density at radius 3 is 2.95 bits per heavy atom. The van der Waals surface area contributed by atoms with Crippen molar-refractivity contribution in [2.75, 3.05) is 38.5 Å². The van der Waals surface area contributed by atoms with E-state index in [0.29, 0.717) is 18.8 Å². The fraction of sp³-hybridized carbons (Fsp3) is 0.500. The highest BCUT2D eigenvalue weighted by atomic mass is 16.2. The Kier molecular flexibility index (Phi) is 4.55. The molecule has 20 heavy (non-hydrogen) atoms. The molecular formula is C14H20N4O2. The summed E-state index contributed by atoms with van der Waals surface area (Å²) >= 11 is 0. The molecule has 0 unspecified atom stereocenters. The van der Waals surface area contributed by atoms with Crippen molar-refractivity contribution in [2.24, 2.45) is 0 Å². The standard InChI is InChI=1S/C14H20N4O2/c1-3-5-15-11-4-6-16-12(9-11)14(20)18-8-7-17(2)13(19)10-18/h4,6,9H,3,5,7-8,10H2,1-2H3,(H,15,16). The number of anilines is 1. The number of carbonyl (C=O) groups is 2. The Labute approximate surface area is 118 Å². The first-order valence-corrected chi connectivity index (χ1v) is 6.85. The van der Waals surface area contributed by atoms with Crippen molar-refractivity contribution in [1.82, 2.24) is 14.8 Å². The number of piperazine rings is 1. The van der Waals surface area contributed by atoms with Crippen molar-refractivity contribution >= 4 is 17.5 Å². The van der Waals surface area contributed by atoms with Gasteiger partial charge < -0.3 is 15.1 Å². The smallest absolute Gasteiger partial charge is 0.273 e. The van der Waals surface area contributed by atoms with Crippen LogP contribution in [-0.2, 0) is 4.79 Å². The van der Waals surface area contributed by atoms with Crippen LogP contribution in [0.2, 0.25) is 0 Å². The molecule has 0 bridgehead atoms. The van der Waals surface area contributed by atoms with E-state index < -0.39 is 0 Å². The van der Waals surface area contributed by atoms with Crippen molar-refractivity contribution in [3.05, 3.63) is 24.0 Å². The zero-order valence-electron chi connectivity index (χ0n) is 11.9. The number of aromatic nitrogens is 1. The van der Waals surface area contributed by atoms with Crippen LogP contribution in [0.5, 0.6) is 0 Å². The lowest BCUT2D eigenvalue weighted by molar-refractivity contribution is -0.133. The molecule has 0 atom stereocenters. The maximum atomic E-state index is 12.3. The monoisotopic (exact) mass is 276 g/mol. The minimum Gasteiger partial charge on any atom is -0.385 e. The number of hydrogen-bond acceptors (Lipinski definition) is 4. The summed E-state index contributed by atoms with van der Waals surface area (Å²) in [5.74, 6) is -0.225. The van der Waals surface area contributed by atoms with Crippen molar-refractivity contribution < 1.29 is 9.59 Å². The van der Waals surface area contributed by atoms with E-state index in [2.05, 4.69) is 17.2 Å². The molecule has 2 amide bonds. The second kappa shape index (κ2) is 6.36. The first-order valence-electron chi connectivity index (χ1n) is 6.85. The summed E-state index contributed by atoms with van der Waals surface area (Å²) < 4.78 is 0. The van der Waals surface area contributed by atoms with Crippen molar-refractivity contribution in [1.29, 1.82) is 0 Å². The summed E-state index contributed by atoms with van der Waals surface area (Å²) in [6.07, 6.45) is 2.63. The predicted molar refractivity (Wildman–Crippen MR) is 76.6 cm³/mol. The molecule has 108 valence electrons. The molecular weight excluding hydrogens is 256 g/mol. The quantitative estimate of drug-likeness (QED) is 0.884. The lowest BCUT2D eigenvalue weighted by atomic mass is 10.2. The van der Waals surface area contributed by atoms with Crippen LogP contribution >= 0.6 is 0 Å². The largest absolute Gasteiger partial charge is 0.385 e. The van der Waals surface area contributed by atoms with E-state index >= 15 is 0 Å². The lowest BCUT2D eigenvalue weighted by Gasteiger charge is -2.31. The van der Waals surface area contributed by atoms with Gasteiger partial charge in [-0.25, -0.2) is 0 Å². The third-order valence-electron chi connectivity index (χ3n) is 3.30. The third kappa shape index (κ3) is 3.26. The number of rotatable bonds is 4. The Morgan fingerprint density at radius 1 is 1.45 bits per heavy atom. The van der Waals surface area contributed by atoms with Gasteiger partial charge in [0.05, 0.1) is 0 Å². The zero-order chi connectivity index (χ0) is 14.5. The van der Waals surface area contributed by atoms with Gasteiger partial charge in [0.2, 0.25) is 5.91 Å². The average Bonchev–Trinajstić information content (AvgIpc) is 2.47. The summed E-state index contributed by atoms with van der Waals surface area (Å²) in [6.45, 7) is 4.18. The maximum Gasteiger partial charge on any atom is 0.273 e. The molecule has 2 heterocycles. The van der Waals surface area contributed by atoms with Gasteiger partial charge in [-0.1, -0.05) is 6.92 Å². The van der Waals surface area contributed by atoms with Gasteiger partial charge in [0.15, 0.2) is 0 Å². The SMILES string of the molecule is CCCNc1ccnc(C(=O)N2CCN(C)C(=O)C2)c1. The van der Waals surface area contributed by atoms with Crippen molar-refractivity contribution in [2.45, 2.75) is 13.3 Å². The molecule has 0 spiro atoms. The van der Waals surface area contributed by atoms with E-state index in [1.54, 1.807) is 29.1 Å². The van der Waals surface area contributed by atoms with Crippen LogP contribution in [0.25, 0.3) is 0 Å². The normalized spacial score (nSPS) is 15.4. The molecule has 1 N–H and O–H groups in total. The van der Waals surface area contributed by atoms with Crippen LogP contribution in [0.3, 0.4) is 0 Å². The van der Waals surface area contributed by atoms with Gasteiger partial charge in [0, 0.05) is 38.6 Å². The number of pyridine rings is 1. The molecule has 1 fully saturated rings. The van der Waals surface area contributed by atoms with Crippen molar-refractivity contribution in [3.63, 3.8) is 0 Å². The number of hydrogen-bond donors (Lipinski definition) is 1. The Balaban J connectivity index is 2.07. The molecule has 0 aliphatic carbocycles. The summed E-state index contributed by atoms with van der Waals surface area (Å²) in [5.41, 5.74) is 1.26. The van der Waals surface area contributed by atoms with E-state index in [1.165, 1.54) is 0 Å². The van der Waals surface area contributed by atoms with Gasteiger partial charge in [-0.2, -0.15) is 0 Å². The molecule has 1 aliphatic rings. The summed E-state index contributed by atoms with van der Waals surface area (Å²) in [7, 11) is 1.75. The highest BCUT2D eigenvalue weighted by Crippen LogP contribution is 2.12.